The van der Waals surface area contributed by atoms with E-state index in [1.165, 1.54) is 50.2 Å². The fourth-order valence-electron chi connectivity index (χ4n) is 2.90. The van der Waals surface area contributed by atoms with Crippen molar-refractivity contribution in [3.05, 3.63) is 82.5 Å². The topological polar surface area (TPSA) is 89.4 Å². The van der Waals surface area contributed by atoms with Gasteiger partial charge in [-0.05, 0) is 48.5 Å². The van der Waals surface area contributed by atoms with E-state index in [0.29, 0.717) is 22.8 Å². The molecule has 0 aliphatic carbocycles. The molecule has 0 spiro atoms. The lowest BCUT2D eigenvalue weighted by molar-refractivity contribution is -0.117. The number of rotatable bonds is 8. The van der Waals surface area contributed by atoms with Gasteiger partial charge in [0.2, 0.25) is 17.2 Å². The average molecular weight is 456 g/mol. The van der Waals surface area contributed by atoms with Crippen LogP contribution < -0.4 is 20.8 Å². The van der Waals surface area contributed by atoms with E-state index in [0.717, 1.165) is 4.90 Å². The van der Waals surface area contributed by atoms with E-state index in [9.17, 15) is 18.8 Å². The van der Waals surface area contributed by atoms with Crippen molar-refractivity contribution in [1.29, 1.82) is 0 Å². The van der Waals surface area contributed by atoms with Crippen LogP contribution in [0.2, 0.25) is 0 Å². The fraction of sp³-hybridized carbons (Fsp3) is 0.174. The van der Waals surface area contributed by atoms with E-state index >= 15 is 0 Å². The first-order chi connectivity index (χ1) is 15.3. The molecule has 2 aromatic carbocycles. The van der Waals surface area contributed by atoms with Crippen molar-refractivity contribution in [2.45, 2.75) is 24.1 Å². The number of pyridine rings is 1. The molecule has 0 radical (unpaired) electrons. The molecule has 7 nitrogen and oxygen atoms in total. The summed E-state index contributed by atoms with van der Waals surface area (Å²) in [5, 5.41) is 5.45. The van der Waals surface area contributed by atoms with Gasteiger partial charge in [-0.2, -0.15) is 0 Å². The highest BCUT2D eigenvalue weighted by atomic mass is 32.2. The van der Waals surface area contributed by atoms with Gasteiger partial charge < -0.3 is 19.9 Å². The largest absolute Gasteiger partial charge is 0.491 e. The highest BCUT2D eigenvalue weighted by Crippen LogP contribution is 2.23. The lowest BCUT2D eigenvalue weighted by Gasteiger charge is -2.15. The third kappa shape index (κ3) is 6.45. The van der Waals surface area contributed by atoms with Crippen LogP contribution in [-0.4, -0.2) is 23.5 Å². The zero-order valence-corrected chi connectivity index (χ0v) is 18.4. The summed E-state index contributed by atoms with van der Waals surface area (Å²) in [6.45, 7) is 1.38. The number of hydrogen-bond acceptors (Lipinski definition) is 5. The van der Waals surface area contributed by atoms with Crippen molar-refractivity contribution in [1.82, 2.24) is 4.57 Å². The summed E-state index contributed by atoms with van der Waals surface area (Å²) in [6.07, 6.45) is 1.50. The number of carbonyl (C=O) groups excluding carboxylic acids is 2. The number of benzene rings is 2. The Balaban J connectivity index is 1.73. The Bertz CT molecular complexity index is 1160. The Morgan fingerprint density at radius 3 is 2.25 bits per heavy atom. The Kier molecular flexibility index (Phi) is 7.67. The quantitative estimate of drug-likeness (QED) is 0.503. The second-order valence-corrected chi connectivity index (χ2v) is 7.92. The predicted octanol–water partition coefficient (Wildman–Crippen LogP) is 3.89. The molecule has 9 heteroatoms. The van der Waals surface area contributed by atoms with E-state index < -0.39 is 0 Å². The van der Waals surface area contributed by atoms with Crippen LogP contribution >= 0.6 is 11.8 Å². The molecule has 1 aromatic heterocycles. The number of halogens is 1. The number of amides is 2. The van der Waals surface area contributed by atoms with Gasteiger partial charge in [-0.25, -0.2) is 4.39 Å². The second kappa shape index (κ2) is 10.6. The molecule has 0 aliphatic heterocycles. The minimum absolute atomic E-state index is 0.0383. The van der Waals surface area contributed by atoms with Crippen LogP contribution in [0.25, 0.3) is 0 Å². The van der Waals surface area contributed by atoms with Crippen LogP contribution in [0.1, 0.15) is 12.6 Å². The van der Waals surface area contributed by atoms with E-state index in [1.807, 2.05) is 0 Å². The summed E-state index contributed by atoms with van der Waals surface area (Å²) in [5.41, 5.74) is 1.54. The van der Waals surface area contributed by atoms with E-state index in [1.54, 1.807) is 41.0 Å². The van der Waals surface area contributed by atoms with Gasteiger partial charge in [0, 0.05) is 40.7 Å². The standard InChI is InChI=1S/C23H22FN3O4S/c1-15(28)25-17-5-7-18(8-6-17)26-23(30)13-27-12-22(31-2)21(29)11-19(27)14-32-20-9-3-16(24)4-10-20/h3-12H,13-14H2,1-2H3,(H,25,28)(H,26,30). The monoisotopic (exact) mass is 455 g/mol. The first-order valence-corrected chi connectivity index (χ1v) is 10.7. The molecule has 2 amide bonds. The molecule has 166 valence electrons. The molecule has 0 fully saturated rings. The number of carbonyl (C=O) groups is 2. The lowest BCUT2D eigenvalue weighted by Crippen LogP contribution is -2.22. The lowest BCUT2D eigenvalue weighted by atomic mass is 10.2. The summed E-state index contributed by atoms with van der Waals surface area (Å²) >= 11 is 1.42. The molecule has 0 unspecified atom stereocenters. The number of ether oxygens (including phenoxy) is 1. The third-order valence-electron chi connectivity index (χ3n) is 4.41. The first kappa shape index (κ1) is 23.1. The number of aromatic nitrogens is 1. The fourth-order valence-corrected chi connectivity index (χ4v) is 3.79. The maximum Gasteiger partial charge on any atom is 0.244 e. The summed E-state index contributed by atoms with van der Waals surface area (Å²) < 4.78 is 19.9. The van der Waals surface area contributed by atoms with Gasteiger partial charge in [0.05, 0.1) is 13.3 Å². The molecule has 0 bridgehead atoms. The molecule has 0 atom stereocenters. The molecule has 2 N–H and O–H groups in total. The van der Waals surface area contributed by atoms with Gasteiger partial charge in [0.1, 0.15) is 12.4 Å². The van der Waals surface area contributed by atoms with Crippen LogP contribution in [0.5, 0.6) is 5.75 Å². The van der Waals surface area contributed by atoms with Crippen molar-refractivity contribution < 1.29 is 18.7 Å². The molecule has 0 saturated heterocycles. The normalized spacial score (nSPS) is 10.5. The molecule has 3 aromatic rings. The molecule has 32 heavy (non-hydrogen) atoms. The number of thioether (sulfide) groups is 1. The van der Waals surface area contributed by atoms with Crippen molar-refractivity contribution in [3.8, 4) is 5.75 Å². The van der Waals surface area contributed by atoms with Gasteiger partial charge in [0.25, 0.3) is 0 Å². The number of anilines is 2. The van der Waals surface area contributed by atoms with Gasteiger partial charge in [-0.15, -0.1) is 11.8 Å². The van der Waals surface area contributed by atoms with Crippen LogP contribution in [0, 0.1) is 5.82 Å². The zero-order chi connectivity index (χ0) is 23.1. The summed E-state index contributed by atoms with van der Waals surface area (Å²) in [7, 11) is 1.39. The van der Waals surface area contributed by atoms with Crippen LogP contribution in [0.3, 0.4) is 0 Å². The highest BCUT2D eigenvalue weighted by molar-refractivity contribution is 7.98. The van der Waals surface area contributed by atoms with E-state index in [2.05, 4.69) is 10.6 Å². The minimum Gasteiger partial charge on any atom is -0.491 e. The van der Waals surface area contributed by atoms with Gasteiger partial charge in [-0.1, -0.05) is 0 Å². The molecular formula is C23H22FN3O4S. The number of methoxy groups -OCH3 is 1. The Hall–Kier alpha value is -3.59. The van der Waals surface area contributed by atoms with E-state index in [-0.39, 0.29) is 35.4 Å². The summed E-state index contributed by atoms with van der Waals surface area (Å²) in [5.74, 6) is -0.259. The van der Waals surface area contributed by atoms with Crippen molar-refractivity contribution in [2.24, 2.45) is 0 Å². The maximum absolute atomic E-state index is 13.1. The highest BCUT2D eigenvalue weighted by Gasteiger charge is 2.12. The Labute approximate surface area is 188 Å². The molecule has 0 saturated carbocycles. The third-order valence-corrected chi connectivity index (χ3v) is 5.45. The van der Waals surface area contributed by atoms with Crippen LogP contribution in [0.4, 0.5) is 15.8 Å². The molecule has 0 aliphatic rings. The van der Waals surface area contributed by atoms with E-state index in [4.69, 9.17) is 4.74 Å². The van der Waals surface area contributed by atoms with Crippen molar-refractivity contribution >= 4 is 35.0 Å². The van der Waals surface area contributed by atoms with Crippen molar-refractivity contribution in [2.75, 3.05) is 17.7 Å². The first-order valence-electron chi connectivity index (χ1n) is 9.67. The smallest absolute Gasteiger partial charge is 0.244 e. The number of nitrogens with one attached hydrogen (secondary N) is 2. The maximum atomic E-state index is 13.1. The van der Waals surface area contributed by atoms with Crippen molar-refractivity contribution in [3.63, 3.8) is 0 Å². The molecule has 3 rings (SSSR count). The average Bonchev–Trinajstić information content (AvgIpc) is 2.75. The second-order valence-electron chi connectivity index (χ2n) is 6.87. The zero-order valence-electron chi connectivity index (χ0n) is 17.6. The summed E-state index contributed by atoms with van der Waals surface area (Å²) in [6, 6.07) is 14.2. The van der Waals surface area contributed by atoms with Crippen LogP contribution in [-0.2, 0) is 21.9 Å². The minimum atomic E-state index is -0.322. The van der Waals surface area contributed by atoms with Crippen LogP contribution in [0.15, 0.2) is 70.5 Å². The number of hydrogen-bond donors (Lipinski definition) is 2. The molecule has 1 heterocycles. The predicted molar refractivity (Wildman–Crippen MR) is 123 cm³/mol. The Morgan fingerprint density at radius 2 is 1.66 bits per heavy atom. The van der Waals surface area contributed by atoms with Gasteiger partial charge in [-0.3, -0.25) is 14.4 Å². The summed E-state index contributed by atoms with van der Waals surface area (Å²) in [4.78, 5) is 36.8. The Morgan fingerprint density at radius 1 is 1.03 bits per heavy atom. The number of nitrogens with zero attached hydrogens (tertiary/aromatic N) is 1. The molecular weight excluding hydrogens is 433 g/mol. The SMILES string of the molecule is COc1cn(CC(=O)Nc2ccc(NC(C)=O)cc2)c(CSc2ccc(F)cc2)cc1=O. The van der Waals surface area contributed by atoms with Gasteiger partial charge >= 0.3 is 0 Å². The van der Waals surface area contributed by atoms with Gasteiger partial charge in [0.15, 0.2) is 5.75 Å².